The third-order valence-corrected chi connectivity index (χ3v) is 9.53. The van der Waals surface area contributed by atoms with Gasteiger partial charge in [-0.05, 0) is 98.2 Å². The fourth-order valence-electron chi connectivity index (χ4n) is 5.80. The molecular formula is C34H35NO10S. The van der Waals surface area contributed by atoms with Crippen LogP contribution in [0.3, 0.4) is 0 Å². The van der Waals surface area contributed by atoms with E-state index in [9.17, 15) is 35.1 Å². The molecule has 1 aromatic heterocycles. The van der Waals surface area contributed by atoms with Crippen molar-refractivity contribution >= 4 is 33.2 Å². The second-order valence-corrected chi connectivity index (χ2v) is 12.5. The van der Waals surface area contributed by atoms with Crippen LogP contribution in [-0.4, -0.2) is 99.1 Å². The van der Waals surface area contributed by atoms with Crippen molar-refractivity contribution in [3.63, 3.8) is 0 Å². The van der Waals surface area contributed by atoms with Crippen LogP contribution in [0.25, 0.3) is 20.5 Å². The monoisotopic (exact) mass is 649 g/mol. The number of likely N-dealkylation sites (tertiary alicyclic amines) is 1. The predicted molar refractivity (Wildman–Crippen MR) is 170 cm³/mol. The van der Waals surface area contributed by atoms with E-state index < -0.39 is 36.7 Å². The zero-order valence-corrected chi connectivity index (χ0v) is 25.6. The lowest BCUT2D eigenvalue weighted by molar-refractivity contribution is -0.271. The molecule has 0 saturated carbocycles. The lowest BCUT2D eigenvalue weighted by atomic mass is 9.97. The standard InChI is InChI=1S/C34H35NO10S/c36-21-8-4-20(5-9-21)32-26(27(37)19-6-10-22(11-7-19)43-17-16-35-14-2-1-3-15-35)24-13-12-23(18-25(24)46-32)44-34-30(40)28(38)29(39)31(45-34)33(41)42/h4-13,18,28-31,34,36,38-40H,1-3,14-17H2,(H,41,42)/t28-,29-,30+,31+,34-/m1/s1. The highest BCUT2D eigenvalue weighted by molar-refractivity contribution is 7.22. The van der Waals surface area contributed by atoms with Crippen LogP contribution >= 0.6 is 11.3 Å². The Kier molecular flexibility index (Phi) is 9.54. The van der Waals surface area contributed by atoms with E-state index in [1.165, 1.54) is 30.6 Å². The third-order valence-electron chi connectivity index (χ3n) is 8.32. The number of phenolic OH excluding ortho intramolecular Hbond substituents is 1. The molecule has 46 heavy (non-hydrogen) atoms. The number of piperidine rings is 1. The number of fused-ring (bicyclic) bond motifs is 1. The van der Waals surface area contributed by atoms with Crippen molar-refractivity contribution in [3.8, 4) is 27.7 Å². The van der Waals surface area contributed by atoms with Gasteiger partial charge < -0.3 is 39.7 Å². The van der Waals surface area contributed by atoms with Gasteiger partial charge in [0.2, 0.25) is 6.29 Å². The number of hydrogen-bond donors (Lipinski definition) is 5. The number of phenols is 1. The van der Waals surface area contributed by atoms with E-state index in [2.05, 4.69) is 4.90 Å². The first-order valence-electron chi connectivity index (χ1n) is 15.1. The molecule has 6 rings (SSSR count). The summed E-state index contributed by atoms with van der Waals surface area (Å²) in [6.07, 6.45) is -5.02. The highest BCUT2D eigenvalue weighted by atomic mass is 32.1. The molecule has 3 heterocycles. The minimum atomic E-state index is -1.84. The van der Waals surface area contributed by atoms with Crippen LogP contribution in [0, 0.1) is 0 Å². The van der Waals surface area contributed by atoms with Crippen molar-refractivity contribution in [2.24, 2.45) is 0 Å². The van der Waals surface area contributed by atoms with E-state index in [-0.39, 0.29) is 17.3 Å². The minimum Gasteiger partial charge on any atom is -0.508 e. The molecule has 242 valence electrons. The maximum Gasteiger partial charge on any atom is 0.335 e. The van der Waals surface area contributed by atoms with Crippen LogP contribution in [-0.2, 0) is 9.53 Å². The Bertz CT molecular complexity index is 1680. The highest BCUT2D eigenvalue weighted by Crippen LogP contribution is 2.42. The summed E-state index contributed by atoms with van der Waals surface area (Å²) in [4.78, 5) is 28.6. The molecule has 0 aliphatic carbocycles. The summed E-state index contributed by atoms with van der Waals surface area (Å²) in [5, 5.41) is 50.4. The van der Waals surface area contributed by atoms with E-state index in [0.29, 0.717) is 38.4 Å². The Labute approximate surface area is 268 Å². The van der Waals surface area contributed by atoms with Crippen LogP contribution in [0.5, 0.6) is 17.2 Å². The summed E-state index contributed by atoms with van der Waals surface area (Å²) >= 11 is 1.32. The number of carboxylic acids is 1. The van der Waals surface area contributed by atoms with Crippen LogP contribution < -0.4 is 9.47 Å². The number of rotatable bonds is 10. The van der Waals surface area contributed by atoms with Crippen LogP contribution in [0.15, 0.2) is 66.7 Å². The average molecular weight is 650 g/mol. The zero-order chi connectivity index (χ0) is 32.4. The van der Waals surface area contributed by atoms with E-state index in [4.69, 9.17) is 14.2 Å². The molecule has 0 unspecified atom stereocenters. The molecule has 2 fully saturated rings. The number of nitrogens with zero attached hydrogens (tertiary/aromatic N) is 1. The van der Waals surface area contributed by atoms with Gasteiger partial charge in [0, 0.05) is 32.6 Å². The number of benzene rings is 3. The quantitative estimate of drug-likeness (QED) is 0.159. The van der Waals surface area contributed by atoms with E-state index >= 15 is 0 Å². The molecule has 11 nitrogen and oxygen atoms in total. The Morgan fingerprint density at radius 2 is 1.57 bits per heavy atom. The van der Waals surface area contributed by atoms with Crippen LogP contribution in [0.2, 0.25) is 0 Å². The summed E-state index contributed by atoms with van der Waals surface area (Å²) in [7, 11) is 0. The van der Waals surface area contributed by atoms with E-state index in [1.54, 1.807) is 66.7 Å². The fourth-order valence-corrected chi connectivity index (χ4v) is 7.03. The molecule has 4 aromatic rings. The average Bonchev–Trinajstić information content (AvgIpc) is 3.44. The number of carbonyl (C=O) groups is 2. The molecule has 12 heteroatoms. The lowest BCUT2D eigenvalue weighted by Crippen LogP contribution is -2.61. The normalized spacial score (nSPS) is 23.7. The predicted octanol–water partition coefficient (Wildman–Crippen LogP) is 3.64. The second-order valence-electron chi connectivity index (χ2n) is 11.5. The molecule has 0 amide bonds. The molecule has 2 saturated heterocycles. The number of ketones is 1. The first kappa shape index (κ1) is 31.9. The Morgan fingerprint density at radius 1 is 0.870 bits per heavy atom. The van der Waals surface area contributed by atoms with Gasteiger partial charge in [-0.1, -0.05) is 6.42 Å². The van der Waals surface area contributed by atoms with Gasteiger partial charge >= 0.3 is 5.97 Å². The number of aliphatic hydroxyl groups excluding tert-OH is 3. The number of aliphatic hydroxyl groups is 3. The van der Waals surface area contributed by atoms with Crippen molar-refractivity contribution in [2.75, 3.05) is 26.2 Å². The maximum absolute atomic E-state index is 14.0. The van der Waals surface area contributed by atoms with Crippen molar-refractivity contribution in [3.05, 3.63) is 77.9 Å². The minimum absolute atomic E-state index is 0.0855. The molecule has 3 aromatic carbocycles. The molecule has 0 spiro atoms. The molecular weight excluding hydrogens is 614 g/mol. The van der Waals surface area contributed by atoms with Gasteiger partial charge in [-0.2, -0.15) is 0 Å². The number of thiophene rings is 1. The van der Waals surface area contributed by atoms with Gasteiger partial charge in [-0.3, -0.25) is 9.69 Å². The van der Waals surface area contributed by atoms with Crippen LogP contribution in [0.1, 0.15) is 35.2 Å². The Balaban J connectivity index is 1.26. The molecule has 0 radical (unpaired) electrons. The number of ether oxygens (including phenoxy) is 3. The number of aliphatic carboxylic acids is 1. The van der Waals surface area contributed by atoms with Gasteiger partial charge in [0.1, 0.15) is 42.2 Å². The summed E-state index contributed by atoms with van der Waals surface area (Å²) in [5.74, 6) is -0.774. The molecule has 0 bridgehead atoms. The first-order chi connectivity index (χ1) is 22.2. The van der Waals surface area contributed by atoms with Crippen molar-refractivity contribution in [1.82, 2.24) is 4.90 Å². The van der Waals surface area contributed by atoms with Gasteiger partial charge in [0.25, 0.3) is 0 Å². The second kappa shape index (κ2) is 13.8. The van der Waals surface area contributed by atoms with Crippen LogP contribution in [0.4, 0.5) is 0 Å². The van der Waals surface area contributed by atoms with E-state index in [1.807, 2.05) is 0 Å². The summed E-state index contributed by atoms with van der Waals surface area (Å²) in [6, 6.07) is 18.4. The summed E-state index contributed by atoms with van der Waals surface area (Å²) in [6.45, 7) is 3.61. The van der Waals surface area contributed by atoms with Gasteiger partial charge in [0.15, 0.2) is 11.9 Å². The lowest BCUT2D eigenvalue weighted by Gasteiger charge is -2.38. The first-order valence-corrected chi connectivity index (χ1v) is 16.0. The maximum atomic E-state index is 14.0. The van der Waals surface area contributed by atoms with Gasteiger partial charge in [0.05, 0.1) is 0 Å². The number of hydrogen-bond acceptors (Lipinski definition) is 11. The van der Waals surface area contributed by atoms with Crippen molar-refractivity contribution in [1.29, 1.82) is 0 Å². The molecule has 2 aliphatic rings. The molecule has 5 N–H and O–H groups in total. The third kappa shape index (κ3) is 6.73. The smallest absolute Gasteiger partial charge is 0.335 e. The van der Waals surface area contributed by atoms with Gasteiger partial charge in [-0.15, -0.1) is 11.3 Å². The zero-order valence-electron chi connectivity index (χ0n) is 24.8. The Morgan fingerprint density at radius 3 is 2.26 bits per heavy atom. The van der Waals surface area contributed by atoms with Crippen molar-refractivity contribution < 1.29 is 49.3 Å². The number of carbonyl (C=O) groups excluding carboxylic acids is 1. The van der Waals surface area contributed by atoms with Gasteiger partial charge in [-0.25, -0.2) is 4.79 Å². The molecule has 2 aliphatic heterocycles. The Hall–Kier alpha value is -4.04. The van der Waals surface area contributed by atoms with E-state index in [0.717, 1.165) is 25.2 Å². The molecule has 5 atom stereocenters. The fraction of sp³-hybridized carbons (Fsp3) is 0.353. The SMILES string of the molecule is O=C(c1ccc(OCCN2CCCCC2)cc1)c1c(-c2ccc(O)cc2)sc2cc(O[C@@H]3O[C@H](C(=O)O)[C@H](O)[C@@H](O)[C@@H]3O)ccc12. The summed E-state index contributed by atoms with van der Waals surface area (Å²) < 4.78 is 17.6. The summed E-state index contributed by atoms with van der Waals surface area (Å²) in [5.41, 5.74) is 1.64. The largest absolute Gasteiger partial charge is 0.508 e. The highest BCUT2D eigenvalue weighted by Gasteiger charge is 2.48. The topological polar surface area (TPSA) is 166 Å². The number of carboxylic acid groups (broad SMARTS) is 1. The number of aromatic hydroxyl groups is 1. The van der Waals surface area contributed by atoms with Crippen molar-refractivity contribution in [2.45, 2.75) is 50.0 Å².